The van der Waals surface area contributed by atoms with Crippen molar-refractivity contribution in [2.45, 2.75) is 26.7 Å². The predicted octanol–water partition coefficient (Wildman–Crippen LogP) is 3.23. The van der Waals surface area contributed by atoms with Gasteiger partial charge in [0.2, 0.25) is 0 Å². The van der Waals surface area contributed by atoms with E-state index in [-0.39, 0.29) is 11.9 Å². The summed E-state index contributed by atoms with van der Waals surface area (Å²) in [6.07, 6.45) is 3.83. The molecular formula is C16H21FN3O2+. The van der Waals surface area contributed by atoms with Gasteiger partial charge in [-0.2, -0.15) is 0 Å². The molecule has 0 aromatic carbocycles. The lowest BCUT2D eigenvalue weighted by Gasteiger charge is -2.31. The molecule has 0 saturated carbocycles. The van der Waals surface area contributed by atoms with Gasteiger partial charge in [0, 0.05) is 13.1 Å². The van der Waals surface area contributed by atoms with Crippen LogP contribution in [-0.4, -0.2) is 30.6 Å². The molecule has 5 nitrogen and oxygen atoms in total. The van der Waals surface area contributed by atoms with Crippen molar-refractivity contribution in [3.63, 3.8) is 0 Å². The molecule has 1 aromatic rings. The molecule has 118 valence electrons. The van der Waals surface area contributed by atoms with Gasteiger partial charge in [-0.05, 0) is 23.6 Å². The first-order chi connectivity index (χ1) is 10.5. The van der Waals surface area contributed by atoms with Crippen LogP contribution in [0.1, 0.15) is 26.7 Å². The van der Waals surface area contributed by atoms with Crippen molar-refractivity contribution >= 4 is 17.3 Å². The smallest absolute Gasteiger partial charge is 0.383 e. The Morgan fingerprint density at radius 2 is 2.18 bits per heavy atom. The summed E-state index contributed by atoms with van der Waals surface area (Å²) in [7, 11) is 0. The van der Waals surface area contributed by atoms with Gasteiger partial charge < -0.3 is 9.64 Å². The maximum Gasteiger partial charge on any atom is 0.383 e. The van der Waals surface area contributed by atoms with Crippen LogP contribution < -0.4 is 4.90 Å². The summed E-state index contributed by atoms with van der Waals surface area (Å²) >= 11 is 0. The van der Waals surface area contributed by atoms with E-state index in [0.717, 1.165) is 6.20 Å². The molecule has 0 amide bonds. The fourth-order valence-electron chi connectivity index (χ4n) is 2.53. The first-order valence-electron chi connectivity index (χ1n) is 7.49. The molecule has 1 aliphatic heterocycles. The quantitative estimate of drug-likeness (QED) is 0.801. The van der Waals surface area contributed by atoms with E-state index in [1.54, 1.807) is 0 Å². The third-order valence-corrected chi connectivity index (χ3v) is 3.70. The molecule has 1 aromatic heterocycles. The molecule has 0 aliphatic carbocycles. The van der Waals surface area contributed by atoms with E-state index < -0.39 is 5.82 Å². The fraction of sp³-hybridized carbons (Fsp3) is 0.562. The van der Waals surface area contributed by atoms with Crippen molar-refractivity contribution in [1.82, 2.24) is 4.98 Å². The van der Waals surface area contributed by atoms with Gasteiger partial charge in [-0.25, -0.2) is 4.39 Å². The van der Waals surface area contributed by atoms with E-state index in [2.05, 4.69) is 9.83 Å². The first-order valence-corrected chi connectivity index (χ1v) is 7.49. The standard InChI is InChI=1S/C16H21FN3O2/c1-11(2)10-22-16(21)12-4-6-20(7-5-12)15-13(17)8-19-9-14(15)18-3/h3,8-9,11-12H,4-7,10H2,1-2H3/q+1. The van der Waals surface area contributed by atoms with E-state index in [1.807, 2.05) is 18.7 Å². The number of aromatic nitrogens is 1. The third kappa shape index (κ3) is 3.73. The van der Waals surface area contributed by atoms with Gasteiger partial charge in [0.25, 0.3) is 6.57 Å². The van der Waals surface area contributed by atoms with Crippen molar-refractivity contribution in [2.75, 3.05) is 24.6 Å². The Morgan fingerprint density at radius 1 is 1.50 bits per heavy atom. The molecule has 2 heterocycles. The van der Waals surface area contributed by atoms with Gasteiger partial charge in [-0.3, -0.25) is 9.78 Å². The van der Waals surface area contributed by atoms with Crippen LogP contribution in [0.15, 0.2) is 12.4 Å². The second-order valence-corrected chi connectivity index (χ2v) is 5.90. The van der Waals surface area contributed by atoms with Gasteiger partial charge in [-0.15, -0.1) is 0 Å². The van der Waals surface area contributed by atoms with Crippen LogP contribution in [0.4, 0.5) is 15.8 Å². The average Bonchev–Trinajstić information content (AvgIpc) is 2.52. The second-order valence-electron chi connectivity index (χ2n) is 5.90. The molecule has 0 bridgehead atoms. The zero-order valence-corrected chi connectivity index (χ0v) is 13.0. The van der Waals surface area contributed by atoms with Crippen LogP contribution in [0.25, 0.3) is 4.85 Å². The van der Waals surface area contributed by atoms with Gasteiger partial charge in [0.15, 0.2) is 11.5 Å². The lowest BCUT2D eigenvalue weighted by Crippen LogP contribution is -2.37. The minimum Gasteiger partial charge on any atom is -0.465 e. The molecule has 0 spiro atoms. The molecule has 0 radical (unpaired) electrons. The van der Waals surface area contributed by atoms with Gasteiger partial charge in [0.05, 0.1) is 18.7 Å². The number of pyridine rings is 1. The normalized spacial score (nSPS) is 15.7. The first kappa shape index (κ1) is 16.2. The molecule has 1 saturated heterocycles. The van der Waals surface area contributed by atoms with Gasteiger partial charge >= 0.3 is 11.7 Å². The Hall–Kier alpha value is -2.16. The number of anilines is 1. The predicted molar refractivity (Wildman–Crippen MR) is 82.9 cm³/mol. The maximum absolute atomic E-state index is 14.0. The highest BCUT2D eigenvalue weighted by molar-refractivity contribution is 5.74. The largest absolute Gasteiger partial charge is 0.465 e. The molecule has 6 heteroatoms. The minimum absolute atomic E-state index is 0.127. The fourth-order valence-corrected chi connectivity index (χ4v) is 2.53. The molecule has 0 N–H and O–H groups in total. The number of piperidine rings is 1. The molecule has 1 aliphatic rings. The highest BCUT2D eigenvalue weighted by Crippen LogP contribution is 2.33. The zero-order valence-electron chi connectivity index (χ0n) is 13.0. The van der Waals surface area contributed by atoms with Crippen molar-refractivity contribution in [3.8, 4) is 6.57 Å². The summed E-state index contributed by atoms with van der Waals surface area (Å²) in [5.41, 5.74) is 0.673. The van der Waals surface area contributed by atoms with E-state index in [0.29, 0.717) is 49.8 Å². The van der Waals surface area contributed by atoms with Crippen LogP contribution in [0, 0.1) is 24.2 Å². The highest BCUT2D eigenvalue weighted by atomic mass is 19.1. The number of rotatable bonds is 4. The number of hydrogen-bond donors (Lipinski definition) is 0. The molecule has 0 unspecified atom stereocenters. The number of carbonyl (C=O) groups excluding carboxylic acids is 1. The lowest BCUT2D eigenvalue weighted by atomic mass is 9.96. The maximum atomic E-state index is 14.0. The van der Waals surface area contributed by atoms with Gasteiger partial charge in [-0.1, -0.05) is 13.8 Å². The summed E-state index contributed by atoms with van der Waals surface area (Å²) in [6, 6.07) is 0. The molecule has 1 fully saturated rings. The number of nitrogens with zero attached hydrogens (tertiary/aromatic N) is 3. The van der Waals surface area contributed by atoms with Crippen LogP contribution in [0.2, 0.25) is 0 Å². The summed E-state index contributed by atoms with van der Waals surface area (Å²) in [6.45, 7) is 10.8. The molecule has 0 atom stereocenters. The summed E-state index contributed by atoms with van der Waals surface area (Å²) in [5.74, 6) is -0.415. The number of hydrogen-bond acceptors (Lipinski definition) is 4. The van der Waals surface area contributed by atoms with Crippen molar-refractivity contribution in [3.05, 3.63) is 23.1 Å². The lowest BCUT2D eigenvalue weighted by molar-refractivity contribution is -0.150. The van der Waals surface area contributed by atoms with Crippen LogP contribution >= 0.6 is 0 Å². The Balaban J connectivity index is 1.98. The summed E-state index contributed by atoms with van der Waals surface area (Å²) in [4.78, 5) is 21.1. The SMILES string of the molecule is C#[N+]c1cncc(F)c1N1CCC(C(=O)OCC(C)C)CC1. The Bertz CT molecular complexity index is 575. The van der Waals surface area contributed by atoms with Crippen molar-refractivity contribution in [1.29, 1.82) is 0 Å². The summed E-state index contributed by atoms with van der Waals surface area (Å²) < 4.78 is 19.2. The van der Waals surface area contributed by atoms with Crippen molar-refractivity contribution < 1.29 is 13.9 Å². The monoisotopic (exact) mass is 306 g/mol. The number of ether oxygens (including phenoxy) is 1. The van der Waals surface area contributed by atoms with Crippen LogP contribution in [-0.2, 0) is 9.53 Å². The Morgan fingerprint density at radius 3 is 2.77 bits per heavy atom. The van der Waals surface area contributed by atoms with Gasteiger partial charge in [0.1, 0.15) is 6.20 Å². The van der Waals surface area contributed by atoms with E-state index >= 15 is 0 Å². The average molecular weight is 306 g/mol. The number of esters is 1. The summed E-state index contributed by atoms with van der Waals surface area (Å²) in [5, 5.41) is 0. The number of halogens is 1. The van der Waals surface area contributed by atoms with E-state index in [1.165, 1.54) is 6.20 Å². The third-order valence-electron chi connectivity index (χ3n) is 3.70. The zero-order chi connectivity index (χ0) is 16.1. The minimum atomic E-state index is -0.451. The number of carbonyl (C=O) groups is 1. The van der Waals surface area contributed by atoms with E-state index in [4.69, 9.17) is 11.3 Å². The Kier molecular flexibility index (Phi) is 5.31. The molecule has 22 heavy (non-hydrogen) atoms. The van der Waals surface area contributed by atoms with E-state index in [9.17, 15) is 9.18 Å². The Labute approximate surface area is 129 Å². The van der Waals surface area contributed by atoms with Crippen molar-refractivity contribution in [2.24, 2.45) is 11.8 Å². The molecular weight excluding hydrogens is 285 g/mol. The molecule has 2 rings (SSSR count). The van der Waals surface area contributed by atoms with Crippen LogP contribution in [0.5, 0.6) is 0 Å². The second kappa shape index (κ2) is 7.21. The van der Waals surface area contributed by atoms with Crippen LogP contribution in [0.3, 0.4) is 0 Å². The topological polar surface area (TPSA) is 46.8 Å². The highest BCUT2D eigenvalue weighted by Gasteiger charge is 2.30.